The standard InChI is InChI=1S/C12H15BrN2O2/c13-8-3-4-11(14)10(6-8)12(16)15-7-9-2-1-5-17-9/h3-4,6,9H,1-2,5,7,14H2,(H,15,16). The molecule has 0 aromatic heterocycles. The Morgan fingerprint density at radius 2 is 2.41 bits per heavy atom. The van der Waals surface area contributed by atoms with Gasteiger partial charge >= 0.3 is 0 Å². The van der Waals surface area contributed by atoms with E-state index < -0.39 is 0 Å². The highest BCUT2D eigenvalue weighted by molar-refractivity contribution is 9.10. The minimum absolute atomic E-state index is 0.146. The fourth-order valence-corrected chi connectivity index (χ4v) is 2.19. The summed E-state index contributed by atoms with van der Waals surface area (Å²) in [4.78, 5) is 11.9. The molecule has 0 aliphatic carbocycles. The number of nitrogens with two attached hydrogens (primary N) is 1. The molecule has 1 unspecified atom stereocenters. The van der Waals surface area contributed by atoms with Crippen LogP contribution in [0.4, 0.5) is 5.69 Å². The van der Waals surface area contributed by atoms with E-state index in [9.17, 15) is 4.79 Å². The molecule has 17 heavy (non-hydrogen) atoms. The highest BCUT2D eigenvalue weighted by Gasteiger charge is 2.17. The first-order valence-corrected chi connectivity index (χ1v) is 6.41. The van der Waals surface area contributed by atoms with E-state index in [2.05, 4.69) is 21.2 Å². The van der Waals surface area contributed by atoms with Gasteiger partial charge in [0.05, 0.1) is 11.7 Å². The number of hydrogen-bond donors (Lipinski definition) is 2. The number of nitrogens with one attached hydrogen (secondary N) is 1. The summed E-state index contributed by atoms with van der Waals surface area (Å²) in [6, 6.07) is 5.25. The molecule has 3 N–H and O–H groups in total. The van der Waals surface area contributed by atoms with Crippen LogP contribution < -0.4 is 11.1 Å². The smallest absolute Gasteiger partial charge is 0.253 e. The average molecular weight is 299 g/mol. The predicted octanol–water partition coefficient (Wildman–Crippen LogP) is 1.94. The van der Waals surface area contributed by atoms with Gasteiger partial charge in [0.15, 0.2) is 0 Å². The maximum absolute atomic E-state index is 11.9. The Kier molecular flexibility index (Phi) is 4.02. The van der Waals surface area contributed by atoms with E-state index in [1.54, 1.807) is 12.1 Å². The molecule has 0 spiro atoms. The monoisotopic (exact) mass is 298 g/mol. The summed E-state index contributed by atoms with van der Waals surface area (Å²) >= 11 is 3.32. The topological polar surface area (TPSA) is 64.4 Å². The van der Waals surface area contributed by atoms with Crippen molar-refractivity contribution in [2.75, 3.05) is 18.9 Å². The van der Waals surface area contributed by atoms with Crippen LogP contribution in [0.25, 0.3) is 0 Å². The zero-order valence-electron chi connectivity index (χ0n) is 9.41. The first-order chi connectivity index (χ1) is 8.16. The lowest BCUT2D eigenvalue weighted by Gasteiger charge is -2.12. The van der Waals surface area contributed by atoms with E-state index in [1.807, 2.05) is 6.07 Å². The van der Waals surface area contributed by atoms with Crippen LogP contribution in [0.2, 0.25) is 0 Å². The number of nitrogen functional groups attached to an aromatic ring is 1. The van der Waals surface area contributed by atoms with Crippen LogP contribution in [0.5, 0.6) is 0 Å². The largest absolute Gasteiger partial charge is 0.398 e. The number of benzene rings is 1. The lowest BCUT2D eigenvalue weighted by atomic mass is 10.1. The van der Waals surface area contributed by atoms with Gasteiger partial charge in [0, 0.05) is 23.3 Å². The van der Waals surface area contributed by atoms with E-state index in [0.717, 1.165) is 23.9 Å². The van der Waals surface area contributed by atoms with Crippen LogP contribution in [0.1, 0.15) is 23.2 Å². The lowest BCUT2D eigenvalue weighted by molar-refractivity contribution is 0.0858. The molecule has 1 saturated heterocycles. The maximum Gasteiger partial charge on any atom is 0.253 e. The van der Waals surface area contributed by atoms with Crippen molar-refractivity contribution in [3.8, 4) is 0 Å². The molecule has 1 atom stereocenters. The lowest BCUT2D eigenvalue weighted by Crippen LogP contribution is -2.32. The van der Waals surface area contributed by atoms with Crippen molar-refractivity contribution in [3.63, 3.8) is 0 Å². The predicted molar refractivity (Wildman–Crippen MR) is 69.9 cm³/mol. The highest BCUT2D eigenvalue weighted by Crippen LogP contribution is 2.18. The Morgan fingerprint density at radius 1 is 1.59 bits per heavy atom. The van der Waals surface area contributed by atoms with Crippen LogP contribution in [0.3, 0.4) is 0 Å². The Balaban J connectivity index is 1.96. The number of carbonyl (C=O) groups excluding carboxylic acids is 1. The zero-order chi connectivity index (χ0) is 12.3. The van der Waals surface area contributed by atoms with Gasteiger partial charge in [-0.25, -0.2) is 0 Å². The van der Waals surface area contributed by atoms with Gasteiger partial charge in [-0.2, -0.15) is 0 Å². The van der Waals surface area contributed by atoms with Crippen molar-refractivity contribution in [1.29, 1.82) is 0 Å². The molecule has 1 aromatic rings. The second-order valence-electron chi connectivity index (χ2n) is 4.08. The van der Waals surface area contributed by atoms with Crippen molar-refractivity contribution in [2.24, 2.45) is 0 Å². The van der Waals surface area contributed by atoms with Crippen LogP contribution in [-0.2, 0) is 4.74 Å². The maximum atomic E-state index is 11.9. The summed E-state index contributed by atoms with van der Waals surface area (Å²) in [6.45, 7) is 1.34. The summed E-state index contributed by atoms with van der Waals surface area (Å²) in [6.07, 6.45) is 2.22. The Hall–Kier alpha value is -1.07. The van der Waals surface area contributed by atoms with E-state index in [1.165, 1.54) is 0 Å². The molecule has 4 nitrogen and oxygen atoms in total. The third-order valence-electron chi connectivity index (χ3n) is 2.77. The highest BCUT2D eigenvalue weighted by atomic mass is 79.9. The number of amides is 1. The molecule has 0 saturated carbocycles. The number of carbonyl (C=O) groups is 1. The van der Waals surface area contributed by atoms with Crippen LogP contribution >= 0.6 is 15.9 Å². The number of hydrogen-bond acceptors (Lipinski definition) is 3. The zero-order valence-corrected chi connectivity index (χ0v) is 11.0. The van der Waals surface area contributed by atoms with Crippen LogP contribution in [0, 0.1) is 0 Å². The van der Waals surface area contributed by atoms with E-state index >= 15 is 0 Å². The minimum atomic E-state index is -0.153. The van der Waals surface area contributed by atoms with Gasteiger partial charge in [-0.15, -0.1) is 0 Å². The average Bonchev–Trinajstić information content (AvgIpc) is 2.82. The molecule has 1 aromatic carbocycles. The summed E-state index contributed by atoms with van der Waals surface area (Å²) in [5.41, 5.74) is 6.74. The molecule has 5 heteroatoms. The SMILES string of the molecule is Nc1ccc(Br)cc1C(=O)NCC1CCCO1. The summed E-state index contributed by atoms with van der Waals surface area (Å²) in [5.74, 6) is -0.153. The van der Waals surface area contributed by atoms with Gasteiger partial charge in [-0.05, 0) is 31.0 Å². The number of halogens is 1. The van der Waals surface area contributed by atoms with Crippen LogP contribution in [0.15, 0.2) is 22.7 Å². The molecule has 1 fully saturated rings. The quantitative estimate of drug-likeness (QED) is 0.838. The Bertz CT molecular complexity index is 417. The second kappa shape index (κ2) is 5.51. The second-order valence-corrected chi connectivity index (χ2v) is 4.99. The first-order valence-electron chi connectivity index (χ1n) is 5.61. The van der Waals surface area contributed by atoms with E-state index in [4.69, 9.17) is 10.5 Å². The van der Waals surface area contributed by atoms with Gasteiger partial charge in [-0.3, -0.25) is 4.79 Å². The first kappa shape index (κ1) is 12.4. The van der Waals surface area contributed by atoms with Crippen molar-refractivity contribution in [3.05, 3.63) is 28.2 Å². The van der Waals surface area contributed by atoms with Crippen molar-refractivity contribution >= 4 is 27.5 Å². The third kappa shape index (κ3) is 3.20. The normalized spacial score (nSPS) is 19.2. The minimum Gasteiger partial charge on any atom is -0.398 e. The van der Waals surface area contributed by atoms with Crippen molar-refractivity contribution in [1.82, 2.24) is 5.32 Å². The Morgan fingerprint density at radius 3 is 3.12 bits per heavy atom. The van der Waals surface area contributed by atoms with Crippen molar-refractivity contribution < 1.29 is 9.53 Å². The number of anilines is 1. The van der Waals surface area contributed by atoms with Gasteiger partial charge in [0.1, 0.15) is 0 Å². The van der Waals surface area contributed by atoms with E-state index in [-0.39, 0.29) is 12.0 Å². The molecule has 0 radical (unpaired) electrons. The fourth-order valence-electron chi connectivity index (χ4n) is 1.83. The van der Waals surface area contributed by atoms with Crippen molar-refractivity contribution in [2.45, 2.75) is 18.9 Å². The number of ether oxygens (including phenoxy) is 1. The molecule has 1 heterocycles. The molecule has 1 aliphatic heterocycles. The molecular formula is C12H15BrN2O2. The molecule has 1 aliphatic rings. The summed E-state index contributed by atoms with van der Waals surface area (Å²) in [5, 5.41) is 2.84. The van der Waals surface area contributed by atoms with Gasteiger partial charge < -0.3 is 15.8 Å². The summed E-state index contributed by atoms with van der Waals surface area (Å²) < 4.78 is 6.28. The number of rotatable bonds is 3. The van der Waals surface area contributed by atoms with Gasteiger partial charge in [-0.1, -0.05) is 15.9 Å². The molecule has 2 rings (SSSR count). The van der Waals surface area contributed by atoms with Gasteiger partial charge in [0.25, 0.3) is 5.91 Å². The fraction of sp³-hybridized carbons (Fsp3) is 0.417. The summed E-state index contributed by atoms with van der Waals surface area (Å²) in [7, 11) is 0. The third-order valence-corrected chi connectivity index (χ3v) is 3.27. The molecule has 0 bridgehead atoms. The molecular weight excluding hydrogens is 284 g/mol. The van der Waals surface area contributed by atoms with Crippen LogP contribution in [-0.4, -0.2) is 25.2 Å². The molecule has 92 valence electrons. The molecule has 1 amide bonds. The van der Waals surface area contributed by atoms with Gasteiger partial charge in [0.2, 0.25) is 0 Å². The van der Waals surface area contributed by atoms with E-state index in [0.29, 0.717) is 17.8 Å². The Labute approximate surface area is 109 Å².